The standard InChI is InChI=1S/C17H13N5O2S/c1-18-14(23)8-24-10-4-5-12-11(7-10)15(21-9-20-12)17-22-13-3-2-6-19-16(13)25-17/h2-7,9H,8H2,1H3,(H,18,23). The van der Waals surface area contributed by atoms with E-state index in [-0.39, 0.29) is 12.5 Å². The molecular formula is C17H13N5O2S. The van der Waals surface area contributed by atoms with E-state index in [1.54, 1.807) is 19.3 Å². The van der Waals surface area contributed by atoms with Crippen LogP contribution in [0.5, 0.6) is 5.75 Å². The molecule has 0 unspecified atom stereocenters. The van der Waals surface area contributed by atoms with E-state index in [0.717, 1.165) is 32.0 Å². The number of amides is 1. The lowest BCUT2D eigenvalue weighted by molar-refractivity contribution is -0.122. The highest BCUT2D eigenvalue weighted by molar-refractivity contribution is 7.21. The third-order valence-electron chi connectivity index (χ3n) is 3.62. The molecular weight excluding hydrogens is 338 g/mol. The second-order valence-corrected chi connectivity index (χ2v) is 6.19. The summed E-state index contributed by atoms with van der Waals surface area (Å²) in [5.41, 5.74) is 2.34. The van der Waals surface area contributed by atoms with Crippen LogP contribution in [0.15, 0.2) is 42.9 Å². The molecule has 4 aromatic rings. The van der Waals surface area contributed by atoms with Crippen LogP contribution in [0.2, 0.25) is 0 Å². The predicted molar refractivity (Wildman–Crippen MR) is 95.5 cm³/mol. The van der Waals surface area contributed by atoms with Gasteiger partial charge in [0.25, 0.3) is 5.91 Å². The Hall–Kier alpha value is -3.13. The number of rotatable bonds is 4. The van der Waals surface area contributed by atoms with E-state index in [1.165, 1.54) is 17.7 Å². The summed E-state index contributed by atoms with van der Waals surface area (Å²) >= 11 is 1.48. The number of fused-ring (bicyclic) bond motifs is 2. The van der Waals surface area contributed by atoms with Crippen LogP contribution in [0.3, 0.4) is 0 Å². The summed E-state index contributed by atoms with van der Waals surface area (Å²) in [7, 11) is 1.57. The topological polar surface area (TPSA) is 89.9 Å². The van der Waals surface area contributed by atoms with Crippen LogP contribution in [-0.2, 0) is 4.79 Å². The van der Waals surface area contributed by atoms with Gasteiger partial charge in [-0.05, 0) is 30.3 Å². The minimum atomic E-state index is -0.193. The number of carbonyl (C=O) groups is 1. The normalized spacial score (nSPS) is 10.9. The summed E-state index contributed by atoms with van der Waals surface area (Å²) in [6.45, 7) is -0.0455. The molecule has 8 heteroatoms. The Morgan fingerprint density at radius 3 is 2.96 bits per heavy atom. The lowest BCUT2D eigenvalue weighted by Crippen LogP contribution is -2.24. The monoisotopic (exact) mass is 351 g/mol. The molecule has 0 saturated heterocycles. The van der Waals surface area contributed by atoms with Gasteiger partial charge in [-0.25, -0.2) is 19.9 Å². The SMILES string of the molecule is CNC(=O)COc1ccc2ncnc(-c3nc4cccnc4s3)c2c1. The molecule has 4 rings (SSSR count). The van der Waals surface area contributed by atoms with E-state index in [1.807, 2.05) is 24.3 Å². The third-order valence-corrected chi connectivity index (χ3v) is 4.61. The number of carbonyl (C=O) groups excluding carboxylic acids is 1. The molecule has 0 aliphatic heterocycles. The molecule has 0 radical (unpaired) electrons. The minimum Gasteiger partial charge on any atom is -0.484 e. The molecule has 0 bridgehead atoms. The van der Waals surface area contributed by atoms with Gasteiger partial charge in [0.15, 0.2) is 6.61 Å². The van der Waals surface area contributed by atoms with Crippen LogP contribution in [0.4, 0.5) is 0 Å². The number of hydrogen-bond acceptors (Lipinski definition) is 7. The van der Waals surface area contributed by atoms with Crippen molar-refractivity contribution in [1.82, 2.24) is 25.3 Å². The molecule has 0 atom stereocenters. The predicted octanol–water partition coefficient (Wildman–Crippen LogP) is 2.43. The maximum atomic E-state index is 11.4. The molecule has 3 heterocycles. The van der Waals surface area contributed by atoms with E-state index in [9.17, 15) is 4.79 Å². The van der Waals surface area contributed by atoms with Crippen molar-refractivity contribution >= 4 is 38.5 Å². The smallest absolute Gasteiger partial charge is 0.257 e. The molecule has 0 fully saturated rings. The molecule has 1 amide bonds. The molecule has 0 saturated carbocycles. The number of likely N-dealkylation sites (N-methyl/N-ethyl adjacent to an activating group) is 1. The number of pyridine rings is 1. The summed E-state index contributed by atoms with van der Waals surface area (Å²) in [6.07, 6.45) is 3.26. The summed E-state index contributed by atoms with van der Waals surface area (Å²) in [6, 6.07) is 9.22. The Kier molecular flexibility index (Phi) is 3.95. The van der Waals surface area contributed by atoms with Gasteiger partial charge in [-0.2, -0.15) is 0 Å². The Labute approximate surface area is 146 Å². The van der Waals surface area contributed by atoms with Crippen LogP contribution >= 0.6 is 11.3 Å². The van der Waals surface area contributed by atoms with Gasteiger partial charge < -0.3 is 10.1 Å². The van der Waals surface area contributed by atoms with Crippen molar-refractivity contribution in [2.75, 3.05) is 13.7 Å². The van der Waals surface area contributed by atoms with E-state index >= 15 is 0 Å². The summed E-state index contributed by atoms with van der Waals surface area (Å²) in [5.74, 6) is 0.383. The number of benzene rings is 1. The van der Waals surface area contributed by atoms with Crippen LogP contribution in [0.25, 0.3) is 32.0 Å². The molecule has 1 N–H and O–H groups in total. The van der Waals surface area contributed by atoms with Crippen molar-refractivity contribution in [3.8, 4) is 16.5 Å². The number of thiazole rings is 1. The average molecular weight is 351 g/mol. The van der Waals surface area contributed by atoms with Crippen LogP contribution < -0.4 is 10.1 Å². The van der Waals surface area contributed by atoms with Gasteiger partial charge in [0.05, 0.1) is 5.52 Å². The first-order valence-electron chi connectivity index (χ1n) is 7.54. The highest BCUT2D eigenvalue weighted by Crippen LogP contribution is 2.32. The number of hydrogen-bond donors (Lipinski definition) is 1. The van der Waals surface area contributed by atoms with Crippen LogP contribution in [-0.4, -0.2) is 39.5 Å². The van der Waals surface area contributed by atoms with Crippen molar-refractivity contribution in [2.45, 2.75) is 0 Å². The van der Waals surface area contributed by atoms with Crippen molar-refractivity contribution < 1.29 is 9.53 Å². The second-order valence-electron chi connectivity index (χ2n) is 5.21. The first kappa shape index (κ1) is 15.4. The van der Waals surface area contributed by atoms with Gasteiger partial charge >= 0.3 is 0 Å². The first-order chi connectivity index (χ1) is 12.2. The maximum absolute atomic E-state index is 11.4. The fraction of sp³-hybridized carbons (Fsp3) is 0.118. The van der Waals surface area contributed by atoms with Crippen molar-refractivity contribution in [3.63, 3.8) is 0 Å². The zero-order chi connectivity index (χ0) is 17.2. The van der Waals surface area contributed by atoms with Crippen molar-refractivity contribution in [2.24, 2.45) is 0 Å². The zero-order valence-electron chi connectivity index (χ0n) is 13.3. The number of nitrogens with one attached hydrogen (secondary N) is 1. The van der Waals surface area contributed by atoms with E-state index in [0.29, 0.717) is 5.75 Å². The zero-order valence-corrected chi connectivity index (χ0v) is 14.1. The number of aromatic nitrogens is 4. The Balaban J connectivity index is 1.78. The van der Waals surface area contributed by atoms with Gasteiger partial charge in [0.1, 0.15) is 33.1 Å². The highest BCUT2D eigenvalue weighted by Gasteiger charge is 2.13. The summed E-state index contributed by atoms with van der Waals surface area (Å²) in [4.78, 5) is 29.8. The molecule has 0 aliphatic carbocycles. The molecule has 124 valence electrons. The largest absolute Gasteiger partial charge is 0.484 e. The highest BCUT2D eigenvalue weighted by atomic mass is 32.1. The van der Waals surface area contributed by atoms with Gasteiger partial charge in [-0.3, -0.25) is 4.79 Å². The molecule has 1 aromatic carbocycles. The molecule has 25 heavy (non-hydrogen) atoms. The Morgan fingerprint density at radius 2 is 2.12 bits per heavy atom. The molecule has 3 aromatic heterocycles. The fourth-order valence-electron chi connectivity index (χ4n) is 2.39. The first-order valence-corrected chi connectivity index (χ1v) is 8.36. The van der Waals surface area contributed by atoms with Gasteiger partial charge in [0.2, 0.25) is 0 Å². The van der Waals surface area contributed by atoms with Crippen molar-refractivity contribution in [3.05, 3.63) is 42.9 Å². The minimum absolute atomic E-state index is 0.0455. The fourth-order valence-corrected chi connectivity index (χ4v) is 3.31. The van der Waals surface area contributed by atoms with Crippen molar-refractivity contribution in [1.29, 1.82) is 0 Å². The summed E-state index contributed by atoms with van der Waals surface area (Å²) in [5, 5.41) is 4.10. The van der Waals surface area contributed by atoms with Gasteiger partial charge in [-0.1, -0.05) is 11.3 Å². The summed E-state index contributed by atoms with van der Waals surface area (Å²) < 4.78 is 5.52. The van der Waals surface area contributed by atoms with Gasteiger partial charge in [0, 0.05) is 18.6 Å². The molecule has 0 aliphatic rings. The van der Waals surface area contributed by atoms with E-state index in [4.69, 9.17) is 4.74 Å². The number of ether oxygens (including phenoxy) is 1. The lowest BCUT2D eigenvalue weighted by atomic mass is 10.2. The maximum Gasteiger partial charge on any atom is 0.257 e. The Morgan fingerprint density at radius 1 is 1.20 bits per heavy atom. The molecule has 7 nitrogen and oxygen atoms in total. The molecule has 0 spiro atoms. The van der Waals surface area contributed by atoms with Crippen LogP contribution in [0, 0.1) is 0 Å². The van der Waals surface area contributed by atoms with Crippen LogP contribution in [0.1, 0.15) is 0 Å². The Bertz CT molecular complexity index is 1050. The number of nitrogens with zero attached hydrogens (tertiary/aromatic N) is 4. The quantitative estimate of drug-likeness (QED) is 0.607. The average Bonchev–Trinajstić information content (AvgIpc) is 3.09. The van der Waals surface area contributed by atoms with E-state index < -0.39 is 0 Å². The third kappa shape index (κ3) is 2.99. The van der Waals surface area contributed by atoms with Gasteiger partial charge in [-0.15, -0.1) is 0 Å². The second kappa shape index (κ2) is 6.40. The van der Waals surface area contributed by atoms with E-state index in [2.05, 4.69) is 25.3 Å². The lowest BCUT2D eigenvalue weighted by Gasteiger charge is -2.07.